The minimum atomic E-state index is 0.673. The summed E-state index contributed by atoms with van der Waals surface area (Å²) in [4.78, 5) is 2.62. The number of aryl methyl sites for hydroxylation is 1. The largest absolute Gasteiger partial charge is 0.314 e. The molecule has 1 fully saturated rings. The Labute approximate surface area is 111 Å². The first-order valence-corrected chi connectivity index (χ1v) is 7.25. The van der Waals surface area contributed by atoms with Crippen molar-refractivity contribution in [3.63, 3.8) is 0 Å². The maximum atomic E-state index is 3.56. The standard InChI is InChI=1S/C16H26N2/c1-14-5-3-6-16(13-14)8-12-18-10-4-9-17-15(2)7-11-18/h3,5-6,13,15,17H,4,7-12H2,1-2H3. The van der Waals surface area contributed by atoms with Crippen LogP contribution < -0.4 is 5.32 Å². The van der Waals surface area contributed by atoms with Gasteiger partial charge in [-0.2, -0.15) is 0 Å². The van der Waals surface area contributed by atoms with Crippen molar-refractivity contribution in [1.82, 2.24) is 10.2 Å². The zero-order valence-electron chi connectivity index (χ0n) is 11.8. The molecule has 0 radical (unpaired) electrons. The quantitative estimate of drug-likeness (QED) is 0.882. The van der Waals surface area contributed by atoms with Crippen LogP contribution in [0.5, 0.6) is 0 Å². The van der Waals surface area contributed by atoms with Crippen LogP contribution >= 0.6 is 0 Å². The van der Waals surface area contributed by atoms with Gasteiger partial charge in [0.2, 0.25) is 0 Å². The number of rotatable bonds is 3. The summed E-state index contributed by atoms with van der Waals surface area (Å²) in [6.07, 6.45) is 3.73. The van der Waals surface area contributed by atoms with Crippen molar-refractivity contribution < 1.29 is 0 Å². The third kappa shape index (κ3) is 4.43. The van der Waals surface area contributed by atoms with Crippen LogP contribution in [0, 0.1) is 6.92 Å². The molecule has 0 aliphatic carbocycles. The molecular weight excluding hydrogens is 220 g/mol. The summed E-state index contributed by atoms with van der Waals surface area (Å²) in [7, 11) is 0. The fraction of sp³-hybridized carbons (Fsp3) is 0.625. The first kappa shape index (κ1) is 13.6. The third-order valence-electron chi connectivity index (χ3n) is 3.82. The van der Waals surface area contributed by atoms with Crippen molar-refractivity contribution in [2.24, 2.45) is 0 Å². The molecule has 100 valence electrons. The van der Waals surface area contributed by atoms with Crippen LogP contribution in [0.1, 0.15) is 30.9 Å². The summed E-state index contributed by atoms with van der Waals surface area (Å²) in [6.45, 7) is 9.32. The van der Waals surface area contributed by atoms with Gasteiger partial charge in [0.1, 0.15) is 0 Å². The first-order valence-electron chi connectivity index (χ1n) is 7.25. The average molecular weight is 246 g/mol. The molecule has 0 bridgehead atoms. The van der Waals surface area contributed by atoms with E-state index in [1.54, 1.807) is 0 Å². The lowest BCUT2D eigenvalue weighted by atomic mass is 10.1. The van der Waals surface area contributed by atoms with Gasteiger partial charge in [0, 0.05) is 12.6 Å². The molecule has 1 aromatic rings. The Balaban J connectivity index is 1.81. The molecule has 0 aromatic heterocycles. The molecule has 1 unspecified atom stereocenters. The lowest BCUT2D eigenvalue weighted by molar-refractivity contribution is 0.239. The number of hydrogen-bond donors (Lipinski definition) is 1. The molecule has 18 heavy (non-hydrogen) atoms. The van der Waals surface area contributed by atoms with E-state index in [4.69, 9.17) is 0 Å². The molecule has 2 rings (SSSR count). The van der Waals surface area contributed by atoms with Crippen LogP contribution in [0.3, 0.4) is 0 Å². The molecule has 0 spiro atoms. The predicted octanol–water partition coefficient (Wildman–Crippen LogP) is 2.61. The van der Waals surface area contributed by atoms with Crippen LogP contribution in [0.4, 0.5) is 0 Å². The fourth-order valence-corrected chi connectivity index (χ4v) is 2.62. The topological polar surface area (TPSA) is 15.3 Å². The van der Waals surface area contributed by atoms with Crippen molar-refractivity contribution in [3.05, 3.63) is 35.4 Å². The summed E-state index contributed by atoms with van der Waals surface area (Å²) >= 11 is 0. The molecule has 1 aliphatic heterocycles. The lowest BCUT2D eigenvalue weighted by Gasteiger charge is -2.27. The van der Waals surface area contributed by atoms with Gasteiger partial charge in [-0.15, -0.1) is 0 Å². The molecule has 1 atom stereocenters. The van der Waals surface area contributed by atoms with E-state index in [0.29, 0.717) is 6.04 Å². The van der Waals surface area contributed by atoms with Crippen LogP contribution in [0.2, 0.25) is 0 Å². The Kier molecular flexibility index (Phi) is 5.21. The Morgan fingerprint density at radius 1 is 1.33 bits per heavy atom. The zero-order chi connectivity index (χ0) is 12.8. The van der Waals surface area contributed by atoms with Crippen molar-refractivity contribution in [3.8, 4) is 0 Å². The summed E-state index contributed by atoms with van der Waals surface area (Å²) in [5.41, 5.74) is 2.85. The minimum Gasteiger partial charge on any atom is -0.314 e. The average Bonchev–Trinajstić information content (AvgIpc) is 2.34. The SMILES string of the molecule is Cc1cccc(CCN2CCCNC(C)CC2)c1. The Morgan fingerprint density at radius 3 is 3.06 bits per heavy atom. The van der Waals surface area contributed by atoms with Crippen LogP contribution in [-0.2, 0) is 6.42 Å². The Morgan fingerprint density at radius 2 is 2.22 bits per heavy atom. The molecule has 0 amide bonds. The minimum absolute atomic E-state index is 0.673. The van der Waals surface area contributed by atoms with Gasteiger partial charge in [-0.05, 0) is 58.3 Å². The summed E-state index contributed by atoms with van der Waals surface area (Å²) in [6, 6.07) is 9.58. The lowest BCUT2D eigenvalue weighted by Crippen LogP contribution is -2.39. The summed E-state index contributed by atoms with van der Waals surface area (Å²) < 4.78 is 0. The maximum Gasteiger partial charge on any atom is 0.00509 e. The second kappa shape index (κ2) is 6.91. The smallest absolute Gasteiger partial charge is 0.00509 e. The highest BCUT2D eigenvalue weighted by Crippen LogP contribution is 2.08. The predicted molar refractivity (Wildman–Crippen MR) is 78.0 cm³/mol. The Hall–Kier alpha value is -0.860. The summed E-state index contributed by atoms with van der Waals surface area (Å²) in [5, 5.41) is 3.56. The van der Waals surface area contributed by atoms with Gasteiger partial charge >= 0.3 is 0 Å². The number of nitrogens with one attached hydrogen (secondary N) is 1. The van der Waals surface area contributed by atoms with Crippen molar-refractivity contribution >= 4 is 0 Å². The zero-order valence-corrected chi connectivity index (χ0v) is 11.8. The van der Waals surface area contributed by atoms with Gasteiger partial charge < -0.3 is 10.2 Å². The fourth-order valence-electron chi connectivity index (χ4n) is 2.62. The highest BCUT2D eigenvalue weighted by Gasteiger charge is 2.11. The molecule has 2 heteroatoms. The molecule has 1 aliphatic rings. The van der Waals surface area contributed by atoms with Crippen LogP contribution in [-0.4, -0.2) is 37.1 Å². The third-order valence-corrected chi connectivity index (χ3v) is 3.82. The van der Waals surface area contributed by atoms with Gasteiger partial charge in [-0.1, -0.05) is 29.8 Å². The molecule has 1 heterocycles. The molecule has 2 nitrogen and oxygen atoms in total. The van der Waals surface area contributed by atoms with Gasteiger partial charge in [0.25, 0.3) is 0 Å². The van der Waals surface area contributed by atoms with Gasteiger partial charge in [-0.3, -0.25) is 0 Å². The highest BCUT2D eigenvalue weighted by molar-refractivity contribution is 5.22. The van der Waals surface area contributed by atoms with E-state index in [-0.39, 0.29) is 0 Å². The van der Waals surface area contributed by atoms with Crippen molar-refractivity contribution in [2.45, 2.75) is 39.2 Å². The molecule has 1 N–H and O–H groups in total. The van der Waals surface area contributed by atoms with Crippen LogP contribution in [0.25, 0.3) is 0 Å². The summed E-state index contributed by atoms with van der Waals surface area (Å²) in [5.74, 6) is 0. The van der Waals surface area contributed by atoms with Gasteiger partial charge in [-0.25, -0.2) is 0 Å². The first-order chi connectivity index (χ1) is 8.74. The highest BCUT2D eigenvalue weighted by atomic mass is 15.1. The van der Waals surface area contributed by atoms with Crippen LogP contribution in [0.15, 0.2) is 24.3 Å². The Bertz CT molecular complexity index is 362. The molecular formula is C16H26N2. The van der Waals surface area contributed by atoms with Crippen molar-refractivity contribution in [1.29, 1.82) is 0 Å². The van der Waals surface area contributed by atoms with E-state index in [1.807, 2.05) is 0 Å². The van der Waals surface area contributed by atoms with Gasteiger partial charge in [0.15, 0.2) is 0 Å². The van der Waals surface area contributed by atoms with E-state index in [0.717, 1.165) is 0 Å². The van der Waals surface area contributed by atoms with E-state index in [1.165, 1.54) is 56.6 Å². The second-order valence-corrected chi connectivity index (χ2v) is 5.58. The monoisotopic (exact) mass is 246 g/mol. The molecule has 1 saturated heterocycles. The molecule has 1 aromatic carbocycles. The molecule has 0 saturated carbocycles. The van der Waals surface area contributed by atoms with E-state index >= 15 is 0 Å². The number of nitrogens with zero attached hydrogens (tertiary/aromatic N) is 1. The number of benzene rings is 1. The maximum absolute atomic E-state index is 3.56. The van der Waals surface area contributed by atoms with Crippen molar-refractivity contribution in [2.75, 3.05) is 26.2 Å². The number of hydrogen-bond acceptors (Lipinski definition) is 2. The van der Waals surface area contributed by atoms with E-state index < -0.39 is 0 Å². The normalized spacial score (nSPS) is 22.4. The van der Waals surface area contributed by atoms with E-state index in [9.17, 15) is 0 Å². The van der Waals surface area contributed by atoms with Gasteiger partial charge in [0.05, 0.1) is 0 Å². The van der Waals surface area contributed by atoms with E-state index in [2.05, 4.69) is 48.3 Å². The second-order valence-electron chi connectivity index (χ2n) is 5.58.